The molecule has 4 N–H and O–H groups in total. The zero-order valence-corrected chi connectivity index (χ0v) is 17.7. The average molecular weight is 448 g/mol. The SMILES string of the molecule is COCCN1CCC(Nc2nc3nccc(/C(=N/O)Nc4ccc(F)c(Cl)c4)c3[nH]2)C1. The number of pyridine rings is 1. The highest BCUT2D eigenvalue weighted by atomic mass is 35.5. The minimum absolute atomic E-state index is 0.0358. The number of fused-ring (bicyclic) bond motifs is 1. The number of likely N-dealkylation sites (tertiary alicyclic amines) is 1. The first-order chi connectivity index (χ1) is 15.1. The Labute approximate surface area is 183 Å². The molecule has 0 aliphatic carbocycles. The third kappa shape index (κ3) is 4.87. The Balaban J connectivity index is 1.52. The summed E-state index contributed by atoms with van der Waals surface area (Å²) in [6.07, 6.45) is 2.58. The van der Waals surface area contributed by atoms with Gasteiger partial charge in [0, 0.05) is 50.2 Å². The monoisotopic (exact) mass is 447 g/mol. The first-order valence-corrected chi connectivity index (χ1v) is 10.2. The van der Waals surface area contributed by atoms with Gasteiger partial charge in [-0.1, -0.05) is 16.8 Å². The Morgan fingerprint density at radius 2 is 2.32 bits per heavy atom. The van der Waals surface area contributed by atoms with Gasteiger partial charge in [-0.3, -0.25) is 4.90 Å². The van der Waals surface area contributed by atoms with Gasteiger partial charge in [-0.05, 0) is 30.7 Å². The number of oxime groups is 1. The number of nitrogens with zero attached hydrogens (tertiary/aromatic N) is 4. The van der Waals surface area contributed by atoms with E-state index < -0.39 is 5.82 Å². The molecular weight excluding hydrogens is 425 g/mol. The molecular formula is C20H23ClFN7O2. The quantitative estimate of drug-likeness (QED) is 0.190. The molecule has 1 aliphatic heterocycles. The third-order valence-electron chi connectivity index (χ3n) is 5.15. The number of hydrogen-bond donors (Lipinski definition) is 4. The Kier molecular flexibility index (Phi) is 6.50. The number of aromatic nitrogens is 3. The number of methoxy groups -OCH3 is 1. The van der Waals surface area contributed by atoms with Crippen LogP contribution in [0.2, 0.25) is 5.02 Å². The lowest BCUT2D eigenvalue weighted by Gasteiger charge is -2.15. The molecule has 1 unspecified atom stereocenters. The van der Waals surface area contributed by atoms with Crippen molar-refractivity contribution in [2.75, 3.05) is 44.0 Å². The summed E-state index contributed by atoms with van der Waals surface area (Å²) in [4.78, 5) is 14.4. The fourth-order valence-electron chi connectivity index (χ4n) is 3.60. The molecule has 1 atom stereocenters. The summed E-state index contributed by atoms with van der Waals surface area (Å²) in [6, 6.07) is 6.10. The van der Waals surface area contributed by atoms with Crippen molar-refractivity contribution in [3.63, 3.8) is 0 Å². The van der Waals surface area contributed by atoms with E-state index in [4.69, 9.17) is 16.3 Å². The van der Waals surface area contributed by atoms with E-state index in [1.54, 1.807) is 19.4 Å². The first-order valence-electron chi connectivity index (χ1n) is 9.84. The van der Waals surface area contributed by atoms with Crippen molar-refractivity contribution in [1.82, 2.24) is 19.9 Å². The number of H-pyrrole nitrogens is 1. The normalized spacial score (nSPS) is 17.4. The lowest BCUT2D eigenvalue weighted by molar-refractivity contribution is 0.160. The second-order valence-corrected chi connectivity index (χ2v) is 7.68. The Morgan fingerprint density at radius 1 is 1.45 bits per heavy atom. The molecule has 0 saturated carbocycles. The van der Waals surface area contributed by atoms with Gasteiger partial charge in [0.05, 0.1) is 17.1 Å². The second-order valence-electron chi connectivity index (χ2n) is 7.27. The van der Waals surface area contributed by atoms with Crippen LogP contribution >= 0.6 is 11.6 Å². The summed E-state index contributed by atoms with van der Waals surface area (Å²) in [5, 5.41) is 19.3. The molecule has 9 nitrogen and oxygen atoms in total. The molecule has 0 radical (unpaired) electrons. The van der Waals surface area contributed by atoms with Crippen molar-refractivity contribution in [2.45, 2.75) is 12.5 Å². The van der Waals surface area contributed by atoms with Gasteiger partial charge >= 0.3 is 0 Å². The first kappa shape index (κ1) is 21.3. The molecule has 31 heavy (non-hydrogen) atoms. The molecule has 11 heteroatoms. The maximum atomic E-state index is 13.4. The molecule has 1 fully saturated rings. The average Bonchev–Trinajstić information content (AvgIpc) is 3.39. The molecule has 0 amide bonds. The van der Waals surface area contributed by atoms with Crippen molar-refractivity contribution >= 4 is 40.2 Å². The molecule has 0 bridgehead atoms. The zero-order chi connectivity index (χ0) is 21.8. The minimum Gasteiger partial charge on any atom is -0.409 e. The lowest BCUT2D eigenvalue weighted by Crippen LogP contribution is -2.29. The van der Waals surface area contributed by atoms with Gasteiger partial charge in [-0.25, -0.2) is 9.37 Å². The number of anilines is 2. The van der Waals surface area contributed by atoms with Crippen LogP contribution in [0.25, 0.3) is 11.2 Å². The van der Waals surface area contributed by atoms with Gasteiger partial charge in [0.25, 0.3) is 0 Å². The molecule has 1 aromatic carbocycles. The van der Waals surface area contributed by atoms with E-state index in [1.807, 2.05) is 0 Å². The summed E-state index contributed by atoms with van der Waals surface area (Å²) >= 11 is 5.84. The second kappa shape index (κ2) is 9.46. The summed E-state index contributed by atoms with van der Waals surface area (Å²) < 4.78 is 18.6. The van der Waals surface area contributed by atoms with Crippen LogP contribution in [0.15, 0.2) is 35.6 Å². The van der Waals surface area contributed by atoms with E-state index in [2.05, 4.69) is 35.6 Å². The van der Waals surface area contributed by atoms with Crippen molar-refractivity contribution in [3.8, 4) is 0 Å². The van der Waals surface area contributed by atoms with Crippen LogP contribution < -0.4 is 10.6 Å². The number of ether oxygens (including phenoxy) is 1. The molecule has 3 heterocycles. The van der Waals surface area contributed by atoms with E-state index in [0.29, 0.717) is 35.0 Å². The number of aromatic amines is 1. The highest BCUT2D eigenvalue weighted by Crippen LogP contribution is 2.23. The minimum atomic E-state index is -0.530. The van der Waals surface area contributed by atoms with E-state index in [-0.39, 0.29) is 16.9 Å². The van der Waals surface area contributed by atoms with Crippen LogP contribution in [0.3, 0.4) is 0 Å². The third-order valence-corrected chi connectivity index (χ3v) is 5.44. The number of halogens is 2. The largest absolute Gasteiger partial charge is 0.409 e. The summed E-state index contributed by atoms with van der Waals surface area (Å²) in [5.41, 5.74) is 2.12. The number of rotatable bonds is 7. The number of imidazole rings is 1. The molecule has 4 rings (SSSR count). The Bertz CT molecular complexity index is 1090. The number of nitrogens with one attached hydrogen (secondary N) is 3. The van der Waals surface area contributed by atoms with E-state index in [9.17, 15) is 9.60 Å². The summed E-state index contributed by atoms with van der Waals surface area (Å²) in [7, 11) is 1.70. The van der Waals surface area contributed by atoms with Crippen LogP contribution in [0.1, 0.15) is 12.0 Å². The van der Waals surface area contributed by atoms with Gasteiger partial charge in [0.1, 0.15) is 5.82 Å². The molecule has 3 aromatic rings. The summed E-state index contributed by atoms with van der Waals surface area (Å²) in [5.74, 6) is 0.213. The smallest absolute Gasteiger partial charge is 0.203 e. The van der Waals surface area contributed by atoms with Gasteiger partial charge in [0.2, 0.25) is 5.95 Å². The predicted octanol–water partition coefficient (Wildman–Crippen LogP) is 3.13. The van der Waals surface area contributed by atoms with Crippen LogP contribution in [0, 0.1) is 5.82 Å². The standard InChI is InChI=1S/C20H23ClFN7O2/c1-31-9-8-29-7-5-13(11-29)25-20-26-17-14(4-6-23-19(17)27-20)18(28-30)24-12-2-3-16(22)15(21)10-12/h2-4,6,10,13,30H,5,7-9,11H2,1H3,(H,24,28)(H2,23,25,26,27). The number of amidine groups is 1. The van der Waals surface area contributed by atoms with E-state index in [0.717, 1.165) is 26.1 Å². The topological polar surface area (TPSA) is 111 Å². The lowest BCUT2D eigenvalue weighted by atomic mass is 10.2. The number of benzene rings is 1. The van der Waals surface area contributed by atoms with Crippen LogP contribution in [-0.4, -0.2) is 70.3 Å². The maximum Gasteiger partial charge on any atom is 0.203 e. The van der Waals surface area contributed by atoms with Crippen molar-refractivity contribution < 1.29 is 14.3 Å². The molecule has 2 aromatic heterocycles. The molecule has 1 saturated heterocycles. The Hall–Kier alpha value is -2.95. The van der Waals surface area contributed by atoms with Crippen LogP contribution in [0.4, 0.5) is 16.0 Å². The van der Waals surface area contributed by atoms with Crippen molar-refractivity contribution in [1.29, 1.82) is 0 Å². The highest BCUT2D eigenvalue weighted by Gasteiger charge is 2.23. The fraction of sp³-hybridized carbons (Fsp3) is 0.350. The number of hydrogen-bond acceptors (Lipinski definition) is 7. The highest BCUT2D eigenvalue weighted by molar-refractivity contribution is 6.31. The van der Waals surface area contributed by atoms with E-state index in [1.165, 1.54) is 18.2 Å². The Morgan fingerprint density at radius 3 is 3.10 bits per heavy atom. The molecule has 1 aliphatic rings. The summed E-state index contributed by atoms with van der Waals surface area (Å²) in [6.45, 7) is 3.50. The maximum absolute atomic E-state index is 13.4. The van der Waals surface area contributed by atoms with Crippen molar-refractivity contribution in [3.05, 3.63) is 46.9 Å². The predicted molar refractivity (Wildman–Crippen MR) is 118 cm³/mol. The zero-order valence-electron chi connectivity index (χ0n) is 16.9. The fourth-order valence-corrected chi connectivity index (χ4v) is 3.78. The van der Waals surface area contributed by atoms with Crippen LogP contribution in [-0.2, 0) is 4.74 Å². The molecule has 164 valence electrons. The van der Waals surface area contributed by atoms with Gasteiger partial charge in [0.15, 0.2) is 11.5 Å². The van der Waals surface area contributed by atoms with Gasteiger partial charge in [-0.2, -0.15) is 4.98 Å². The van der Waals surface area contributed by atoms with Gasteiger partial charge < -0.3 is 25.6 Å². The van der Waals surface area contributed by atoms with Crippen molar-refractivity contribution in [2.24, 2.45) is 5.16 Å². The van der Waals surface area contributed by atoms with Gasteiger partial charge in [-0.15, -0.1) is 0 Å². The molecule has 0 spiro atoms. The van der Waals surface area contributed by atoms with Crippen LogP contribution in [0.5, 0.6) is 0 Å². The van der Waals surface area contributed by atoms with E-state index >= 15 is 0 Å².